The van der Waals surface area contributed by atoms with Crippen LogP contribution in [-0.4, -0.2) is 36.4 Å². The quantitative estimate of drug-likeness (QED) is 0.487. The third-order valence-electron chi connectivity index (χ3n) is 5.44. The van der Waals surface area contributed by atoms with Gasteiger partial charge in [-0.15, -0.1) is 0 Å². The second-order valence-corrected chi connectivity index (χ2v) is 8.37. The summed E-state index contributed by atoms with van der Waals surface area (Å²) in [7, 11) is 0. The van der Waals surface area contributed by atoms with Crippen LogP contribution in [0.2, 0.25) is 10.0 Å². The molecule has 0 fully saturated rings. The molecule has 3 aromatic heterocycles. The molecular formula is C23H18Cl2N6O. The van der Waals surface area contributed by atoms with Gasteiger partial charge in [-0.3, -0.25) is 14.7 Å². The van der Waals surface area contributed by atoms with E-state index in [1.807, 2.05) is 30.5 Å². The molecule has 9 heteroatoms. The first-order valence-corrected chi connectivity index (χ1v) is 10.8. The first-order valence-electron chi connectivity index (χ1n) is 10.1. The van der Waals surface area contributed by atoms with Crippen LogP contribution in [0, 0.1) is 0 Å². The third kappa shape index (κ3) is 4.14. The standard InChI is InChI=1S/C23H18Cl2N6O/c24-18-3-1-2-16(21(18)25)19-5-4-14(8-28-19)11-31-7-6-20-17(12-31)23(32)30-22(29-20)15-9-26-13-27-10-15/h1-5,8-10,13H,6-7,11-12H2,(H,29,30,32). The van der Waals surface area contributed by atoms with Crippen LogP contribution in [0.5, 0.6) is 0 Å². The Bertz CT molecular complexity index is 1320. The molecule has 160 valence electrons. The van der Waals surface area contributed by atoms with E-state index in [1.54, 1.807) is 18.5 Å². The van der Waals surface area contributed by atoms with Crippen LogP contribution in [0.25, 0.3) is 22.6 Å². The van der Waals surface area contributed by atoms with Crippen LogP contribution in [0.15, 0.2) is 60.0 Å². The van der Waals surface area contributed by atoms with E-state index in [2.05, 4.69) is 29.8 Å². The molecule has 1 aliphatic rings. The van der Waals surface area contributed by atoms with Gasteiger partial charge in [-0.05, 0) is 17.7 Å². The van der Waals surface area contributed by atoms with Gasteiger partial charge in [0.05, 0.1) is 32.6 Å². The molecule has 0 atom stereocenters. The van der Waals surface area contributed by atoms with Crippen molar-refractivity contribution >= 4 is 23.2 Å². The van der Waals surface area contributed by atoms with Crippen LogP contribution in [0.4, 0.5) is 0 Å². The molecule has 0 amide bonds. The Hall–Kier alpha value is -3.13. The van der Waals surface area contributed by atoms with Gasteiger partial charge in [-0.1, -0.05) is 41.4 Å². The molecule has 0 spiro atoms. The fourth-order valence-electron chi connectivity index (χ4n) is 3.81. The van der Waals surface area contributed by atoms with Crippen LogP contribution in [0.1, 0.15) is 16.8 Å². The maximum absolute atomic E-state index is 12.7. The van der Waals surface area contributed by atoms with Crippen molar-refractivity contribution in [3.05, 3.63) is 92.5 Å². The number of aromatic nitrogens is 5. The number of fused-ring (bicyclic) bond motifs is 1. The minimum Gasteiger partial charge on any atom is -0.306 e. The Balaban J connectivity index is 1.32. The Morgan fingerprint density at radius 2 is 1.91 bits per heavy atom. The average molecular weight is 465 g/mol. The molecule has 0 saturated heterocycles. The number of pyridine rings is 1. The second kappa shape index (κ2) is 8.78. The smallest absolute Gasteiger partial charge is 0.255 e. The van der Waals surface area contributed by atoms with Gasteiger partial charge in [0.1, 0.15) is 12.2 Å². The van der Waals surface area contributed by atoms with Gasteiger partial charge in [0.15, 0.2) is 0 Å². The van der Waals surface area contributed by atoms with Gasteiger partial charge in [0.25, 0.3) is 5.56 Å². The summed E-state index contributed by atoms with van der Waals surface area (Å²) < 4.78 is 0. The maximum Gasteiger partial charge on any atom is 0.255 e. The Morgan fingerprint density at radius 3 is 2.69 bits per heavy atom. The zero-order valence-corrected chi connectivity index (χ0v) is 18.4. The lowest BCUT2D eigenvalue weighted by molar-refractivity contribution is 0.241. The summed E-state index contributed by atoms with van der Waals surface area (Å²) in [5.74, 6) is 0.502. The zero-order valence-electron chi connectivity index (χ0n) is 16.9. The molecule has 4 aromatic rings. The number of nitrogens with zero attached hydrogens (tertiary/aromatic N) is 5. The van der Waals surface area contributed by atoms with E-state index in [4.69, 9.17) is 23.2 Å². The third-order valence-corrected chi connectivity index (χ3v) is 6.26. The predicted molar refractivity (Wildman–Crippen MR) is 123 cm³/mol. The van der Waals surface area contributed by atoms with Crippen LogP contribution in [0.3, 0.4) is 0 Å². The molecule has 0 radical (unpaired) electrons. The summed E-state index contributed by atoms with van der Waals surface area (Å²) >= 11 is 12.4. The van der Waals surface area contributed by atoms with E-state index in [-0.39, 0.29) is 5.56 Å². The van der Waals surface area contributed by atoms with Crippen LogP contribution >= 0.6 is 23.2 Å². The van der Waals surface area contributed by atoms with Gasteiger partial charge in [0.2, 0.25) is 0 Å². The van der Waals surface area contributed by atoms with Crippen molar-refractivity contribution in [3.8, 4) is 22.6 Å². The average Bonchev–Trinajstić information content (AvgIpc) is 2.82. The minimum atomic E-state index is -0.123. The Kier molecular flexibility index (Phi) is 5.70. The summed E-state index contributed by atoms with van der Waals surface area (Å²) in [4.78, 5) is 35.0. The van der Waals surface area contributed by atoms with Crippen molar-refractivity contribution in [2.24, 2.45) is 0 Å². The SMILES string of the molecule is O=c1[nH]c(-c2cncnc2)nc2c1CN(Cc1ccc(-c3cccc(Cl)c3Cl)nc1)CC2. The highest BCUT2D eigenvalue weighted by Crippen LogP contribution is 2.32. The fourth-order valence-corrected chi connectivity index (χ4v) is 4.21. The molecule has 32 heavy (non-hydrogen) atoms. The van der Waals surface area contributed by atoms with E-state index >= 15 is 0 Å². The number of H-pyrrole nitrogens is 1. The number of halogens is 2. The normalized spacial score (nSPS) is 13.7. The molecule has 4 heterocycles. The van der Waals surface area contributed by atoms with Crippen molar-refractivity contribution < 1.29 is 0 Å². The Morgan fingerprint density at radius 1 is 1.06 bits per heavy atom. The largest absolute Gasteiger partial charge is 0.306 e. The van der Waals surface area contributed by atoms with Crippen molar-refractivity contribution in [2.45, 2.75) is 19.5 Å². The maximum atomic E-state index is 12.7. The highest BCUT2D eigenvalue weighted by molar-refractivity contribution is 6.43. The molecular weight excluding hydrogens is 447 g/mol. The molecule has 0 bridgehead atoms. The van der Waals surface area contributed by atoms with E-state index in [0.29, 0.717) is 46.5 Å². The van der Waals surface area contributed by atoms with Crippen molar-refractivity contribution in [3.63, 3.8) is 0 Å². The second-order valence-electron chi connectivity index (χ2n) is 7.58. The van der Waals surface area contributed by atoms with Crippen LogP contribution in [-0.2, 0) is 19.5 Å². The lowest BCUT2D eigenvalue weighted by Gasteiger charge is -2.27. The topological polar surface area (TPSA) is 87.7 Å². The van der Waals surface area contributed by atoms with Gasteiger partial charge in [-0.25, -0.2) is 15.0 Å². The molecule has 0 unspecified atom stereocenters. The van der Waals surface area contributed by atoms with Gasteiger partial charge in [0, 0.05) is 50.2 Å². The van der Waals surface area contributed by atoms with Crippen molar-refractivity contribution in [1.82, 2.24) is 29.8 Å². The van der Waals surface area contributed by atoms with Crippen molar-refractivity contribution in [1.29, 1.82) is 0 Å². The number of rotatable bonds is 4. The number of aromatic amines is 1. The monoisotopic (exact) mass is 464 g/mol. The van der Waals surface area contributed by atoms with E-state index in [0.717, 1.165) is 29.1 Å². The first-order chi connectivity index (χ1) is 15.6. The summed E-state index contributed by atoms with van der Waals surface area (Å²) in [5.41, 5.74) is 4.72. The molecule has 5 rings (SSSR count). The summed E-state index contributed by atoms with van der Waals surface area (Å²) in [6.07, 6.45) is 7.26. The molecule has 7 nitrogen and oxygen atoms in total. The number of hydrogen-bond donors (Lipinski definition) is 1. The van der Waals surface area contributed by atoms with Gasteiger partial charge in [-0.2, -0.15) is 0 Å². The number of hydrogen-bond acceptors (Lipinski definition) is 6. The lowest BCUT2D eigenvalue weighted by Crippen LogP contribution is -2.35. The Labute approximate surface area is 194 Å². The summed E-state index contributed by atoms with van der Waals surface area (Å²) in [6.45, 7) is 2.02. The van der Waals surface area contributed by atoms with Crippen molar-refractivity contribution in [2.75, 3.05) is 6.54 Å². The summed E-state index contributed by atoms with van der Waals surface area (Å²) in [6, 6.07) is 9.46. The molecule has 0 saturated carbocycles. The number of nitrogens with one attached hydrogen (secondary N) is 1. The van der Waals surface area contributed by atoms with Crippen LogP contribution < -0.4 is 5.56 Å². The lowest BCUT2D eigenvalue weighted by atomic mass is 10.1. The van der Waals surface area contributed by atoms with E-state index < -0.39 is 0 Å². The predicted octanol–water partition coefficient (Wildman–Crippen LogP) is 4.15. The minimum absolute atomic E-state index is 0.123. The fraction of sp³-hybridized carbons (Fsp3) is 0.174. The zero-order chi connectivity index (χ0) is 22.1. The van der Waals surface area contributed by atoms with E-state index in [1.165, 1.54) is 6.33 Å². The first kappa shape index (κ1) is 20.8. The summed E-state index contributed by atoms with van der Waals surface area (Å²) in [5, 5.41) is 0.999. The molecule has 1 N–H and O–H groups in total. The number of benzene rings is 1. The highest BCUT2D eigenvalue weighted by atomic mass is 35.5. The van der Waals surface area contributed by atoms with Gasteiger partial charge < -0.3 is 4.98 Å². The van der Waals surface area contributed by atoms with Gasteiger partial charge >= 0.3 is 0 Å². The van der Waals surface area contributed by atoms with E-state index in [9.17, 15) is 4.79 Å². The molecule has 1 aliphatic heterocycles. The highest BCUT2D eigenvalue weighted by Gasteiger charge is 2.22. The molecule has 0 aliphatic carbocycles. The molecule has 1 aromatic carbocycles.